The Hall–Kier alpha value is -3.95. The number of aromatic nitrogens is 1. The highest BCUT2D eigenvalue weighted by atomic mass is 19.4. The van der Waals surface area contributed by atoms with E-state index in [2.05, 4.69) is 10.3 Å². The smallest absolute Gasteiger partial charge is 0.429 e. The van der Waals surface area contributed by atoms with Crippen molar-refractivity contribution in [1.82, 2.24) is 10.3 Å². The monoisotopic (exact) mass is 447 g/mol. The fourth-order valence-corrected chi connectivity index (χ4v) is 2.80. The van der Waals surface area contributed by atoms with Gasteiger partial charge >= 0.3 is 12.2 Å². The molecule has 0 aliphatic heterocycles. The van der Waals surface area contributed by atoms with Crippen molar-refractivity contribution in [1.29, 1.82) is 0 Å². The average Bonchev–Trinajstić information content (AvgIpc) is 2.73. The molecule has 2 N–H and O–H groups in total. The first-order chi connectivity index (χ1) is 15.1. The summed E-state index contributed by atoms with van der Waals surface area (Å²) >= 11 is 0. The number of pyridine rings is 1. The predicted octanol–water partition coefficient (Wildman–Crippen LogP) is 5.17. The molecule has 3 rings (SSSR count). The summed E-state index contributed by atoms with van der Waals surface area (Å²) in [6.45, 7) is 1.45. The lowest BCUT2D eigenvalue weighted by Crippen LogP contribution is -2.34. The van der Waals surface area contributed by atoms with E-state index in [-0.39, 0.29) is 28.3 Å². The van der Waals surface area contributed by atoms with Crippen LogP contribution in [-0.4, -0.2) is 23.1 Å². The van der Waals surface area contributed by atoms with Crippen molar-refractivity contribution in [3.8, 4) is 5.88 Å². The maximum Gasteiger partial charge on any atom is 0.429 e. The molecular weight excluding hydrogens is 430 g/mol. The fourth-order valence-electron chi connectivity index (χ4n) is 2.80. The van der Waals surface area contributed by atoms with E-state index in [0.717, 1.165) is 12.3 Å². The second kappa shape index (κ2) is 9.46. The van der Waals surface area contributed by atoms with Crippen molar-refractivity contribution in [2.75, 3.05) is 5.32 Å². The van der Waals surface area contributed by atoms with Gasteiger partial charge in [0, 0.05) is 11.1 Å². The second-order valence-corrected chi connectivity index (χ2v) is 6.68. The lowest BCUT2D eigenvalue weighted by molar-refractivity contribution is -0.198. The van der Waals surface area contributed by atoms with E-state index >= 15 is 0 Å². The molecular formula is C22H17F4N3O3. The van der Waals surface area contributed by atoms with Gasteiger partial charge < -0.3 is 10.1 Å². The van der Waals surface area contributed by atoms with E-state index in [0.29, 0.717) is 0 Å². The number of imide groups is 1. The number of ether oxygens (including phenoxy) is 1. The zero-order valence-corrected chi connectivity index (χ0v) is 16.6. The van der Waals surface area contributed by atoms with Crippen LogP contribution in [0.2, 0.25) is 0 Å². The summed E-state index contributed by atoms with van der Waals surface area (Å²) in [7, 11) is 0. The van der Waals surface area contributed by atoms with Gasteiger partial charge in [0.25, 0.3) is 5.91 Å². The molecule has 2 aromatic carbocycles. The molecule has 10 heteroatoms. The van der Waals surface area contributed by atoms with E-state index in [1.807, 2.05) is 5.32 Å². The number of alkyl halides is 3. The van der Waals surface area contributed by atoms with Crippen LogP contribution in [0.25, 0.3) is 0 Å². The van der Waals surface area contributed by atoms with Crippen molar-refractivity contribution in [3.05, 3.63) is 89.4 Å². The number of halogens is 4. The Kier molecular flexibility index (Phi) is 6.72. The molecule has 32 heavy (non-hydrogen) atoms. The van der Waals surface area contributed by atoms with Gasteiger partial charge in [0.15, 0.2) is 0 Å². The van der Waals surface area contributed by atoms with Crippen LogP contribution in [0.4, 0.5) is 28.0 Å². The predicted molar refractivity (Wildman–Crippen MR) is 108 cm³/mol. The molecule has 166 valence electrons. The maximum atomic E-state index is 13.6. The molecule has 1 aromatic heterocycles. The van der Waals surface area contributed by atoms with E-state index in [4.69, 9.17) is 4.74 Å². The van der Waals surface area contributed by atoms with Crippen molar-refractivity contribution >= 4 is 17.6 Å². The molecule has 1 unspecified atom stereocenters. The summed E-state index contributed by atoms with van der Waals surface area (Å²) in [6, 6.07) is 12.6. The van der Waals surface area contributed by atoms with E-state index < -0.39 is 30.0 Å². The first-order valence-corrected chi connectivity index (χ1v) is 9.27. The molecule has 3 amide bonds. The molecule has 0 aliphatic carbocycles. The van der Waals surface area contributed by atoms with Gasteiger partial charge in [0.2, 0.25) is 12.0 Å². The van der Waals surface area contributed by atoms with Crippen molar-refractivity contribution < 1.29 is 31.9 Å². The Bertz CT molecular complexity index is 1120. The summed E-state index contributed by atoms with van der Waals surface area (Å²) in [5.41, 5.74) is -0.0976. The third kappa shape index (κ3) is 5.60. The molecule has 0 spiro atoms. The number of nitrogens with one attached hydrogen (secondary N) is 2. The molecule has 1 heterocycles. The highest BCUT2D eigenvalue weighted by Crippen LogP contribution is 2.37. The Morgan fingerprint density at radius 3 is 2.31 bits per heavy atom. The minimum atomic E-state index is -4.68. The summed E-state index contributed by atoms with van der Waals surface area (Å²) in [5, 5.41) is 4.27. The number of aryl methyl sites for hydroxylation is 1. The Labute approximate surface area is 180 Å². The number of hydrogen-bond donors (Lipinski definition) is 2. The SMILES string of the molecule is Cc1cc(NC(=O)NC(=O)c2ccccc2F)cnc1OC(c1ccccc1)C(F)(F)F. The minimum absolute atomic E-state index is 0.0885. The van der Waals surface area contributed by atoms with Crippen LogP contribution in [0.1, 0.15) is 27.6 Å². The van der Waals surface area contributed by atoms with Crippen molar-refractivity contribution in [2.24, 2.45) is 0 Å². The number of nitrogens with zero attached hydrogens (tertiary/aromatic N) is 1. The average molecular weight is 447 g/mol. The van der Waals surface area contributed by atoms with Gasteiger partial charge in [-0.1, -0.05) is 42.5 Å². The Morgan fingerprint density at radius 1 is 1.03 bits per heavy atom. The van der Waals surface area contributed by atoms with Crippen LogP contribution in [0.5, 0.6) is 5.88 Å². The van der Waals surface area contributed by atoms with E-state index in [1.165, 1.54) is 55.5 Å². The molecule has 1 atom stereocenters. The molecule has 3 aromatic rings. The minimum Gasteiger partial charge on any atom is -0.460 e. The highest BCUT2D eigenvalue weighted by molar-refractivity contribution is 6.08. The van der Waals surface area contributed by atoms with E-state index in [1.54, 1.807) is 6.07 Å². The first kappa shape index (κ1) is 22.7. The van der Waals surface area contributed by atoms with E-state index in [9.17, 15) is 27.2 Å². The zero-order chi connectivity index (χ0) is 23.3. The third-order valence-corrected chi connectivity index (χ3v) is 4.26. The molecule has 0 radical (unpaired) electrons. The summed E-state index contributed by atoms with van der Waals surface area (Å²) in [6.07, 6.45) is -5.83. The van der Waals surface area contributed by atoms with Crippen LogP contribution in [0.3, 0.4) is 0 Å². The maximum absolute atomic E-state index is 13.6. The standard InChI is InChI=1S/C22H17F4N3O3/c1-13-11-15(28-21(31)29-19(30)16-9-5-6-10-17(16)23)12-27-20(13)32-18(22(24,25)26)14-7-3-2-4-8-14/h2-12,18H,1H3,(H2,28,29,30,31). The summed E-state index contributed by atoms with van der Waals surface area (Å²) in [5.74, 6) is -2.03. The topological polar surface area (TPSA) is 80.3 Å². The Balaban J connectivity index is 1.70. The summed E-state index contributed by atoms with van der Waals surface area (Å²) in [4.78, 5) is 27.9. The van der Waals surface area contributed by atoms with Crippen LogP contribution >= 0.6 is 0 Å². The third-order valence-electron chi connectivity index (χ3n) is 4.26. The molecule has 0 bridgehead atoms. The highest BCUT2D eigenvalue weighted by Gasteiger charge is 2.43. The molecule has 0 fully saturated rings. The van der Waals surface area contributed by atoms with Crippen LogP contribution in [0.15, 0.2) is 66.9 Å². The number of amides is 3. The number of benzene rings is 2. The van der Waals surface area contributed by atoms with Crippen molar-refractivity contribution in [3.63, 3.8) is 0 Å². The molecule has 6 nitrogen and oxygen atoms in total. The Morgan fingerprint density at radius 2 is 1.69 bits per heavy atom. The van der Waals surface area contributed by atoms with Gasteiger partial charge in [-0.3, -0.25) is 10.1 Å². The number of carbonyl (C=O) groups excluding carboxylic acids is 2. The van der Waals surface area contributed by atoms with Crippen molar-refractivity contribution in [2.45, 2.75) is 19.2 Å². The van der Waals surface area contributed by atoms with Gasteiger partial charge in [0.1, 0.15) is 5.82 Å². The summed E-state index contributed by atoms with van der Waals surface area (Å²) < 4.78 is 59.2. The molecule has 0 saturated carbocycles. The van der Waals surface area contributed by atoms with Crippen LogP contribution in [0, 0.1) is 12.7 Å². The number of rotatable bonds is 5. The normalized spacial score (nSPS) is 12.0. The lowest BCUT2D eigenvalue weighted by atomic mass is 10.1. The van der Waals surface area contributed by atoms with Crippen LogP contribution < -0.4 is 15.4 Å². The van der Waals surface area contributed by atoms with Gasteiger partial charge in [-0.15, -0.1) is 0 Å². The lowest BCUT2D eigenvalue weighted by Gasteiger charge is -2.22. The zero-order valence-electron chi connectivity index (χ0n) is 16.6. The number of anilines is 1. The number of carbonyl (C=O) groups is 2. The second-order valence-electron chi connectivity index (χ2n) is 6.68. The quantitative estimate of drug-likeness (QED) is 0.529. The van der Waals surface area contributed by atoms with Gasteiger partial charge in [-0.05, 0) is 25.1 Å². The van der Waals surface area contributed by atoms with Gasteiger partial charge in [-0.2, -0.15) is 13.2 Å². The number of hydrogen-bond acceptors (Lipinski definition) is 4. The first-order valence-electron chi connectivity index (χ1n) is 9.27. The largest absolute Gasteiger partial charge is 0.460 e. The van der Waals surface area contributed by atoms with Gasteiger partial charge in [0.05, 0.1) is 17.4 Å². The molecule has 0 aliphatic rings. The molecule has 0 saturated heterocycles. The van der Waals surface area contributed by atoms with Crippen LogP contribution in [-0.2, 0) is 0 Å². The van der Waals surface area contributed by atoms with Gasteiger partial charge in [-0.25, -0.2) is 14.2 Å². The fraction of sp³-hybridized carbons (Fsp3) is 0.136. The number of urea groups is 1.